The summed E-state index contributed by atoms with van der Waals surface area (Å²) in [7, 11) is 0. The lowest BCUT2D eigenvalue weighted by molar-refractivity contribution is 0.440. The van der Waals surface area contributed by atoms with Crippen LogP contribution in [0.3, 0.4) is 0 Å². The molecule has 21 heavy (non-hydrogen) atoms. The van der Waals surface area contributed by atoms with Crippen LogP contribution in [-0.4, -0.2) is 12.3 Å². The second-order valence-electron chi connectivity index (χ2n) is 6.53. The van der Waals surface area contributed by atoms with E-state index in [-0.39, 0.29) is 5.41 Å². The fourth-order valence-corrected chi connectivity index (χ4v) is 4.49. The van der Waals surface area contributed by atoms with Crippen LogP contribution in [0.25, 0.3) is 20.2 Å². The molecule has 0 spiro atoms. The minimum absolute atomic E-state index is 0.192. The zero-order valence-corrected chi connectivity index (χ0v) is 13.3. The van der Waals surface area contributed by atoms with Crippen molar-refractivity contribution in [3.05, 3.63) is 48.0 Å². The maximum Gasteiger partial charge on any atom is 0.0476 e. The zero-order valence-electron chi connectivity index (χ0n) is 12.5. The quantitative estimate of drug-likeness (QED) is 0.548. The second-order valence-corrected chi connectivity index (χ2v) is 7.61. The molecule has 2 aromatic carbocycles. The zero-order chi connectivity index (χ0) is 14.4. The van der Waals surface area contributed by atoms with Crippen LogP contribution in [0.2, 0.25) is 0 Å². The predicted molar refractivity (Wildman–Crippen MR) is 93.8 cm³/mol. The van der Waals surface area contributed by atoms with Crippen molar-refractivity contribution >= 4 is 37.2 Å². The van der Waals surface area contributed by atoms with Gasteiger partial charge >= 0.3 is 0 Å². The van der Waals surface area contributed by atoms with Gasteiger partial charge in [0, 0.05) is 37.8 Å². The van der Waals surface area contributed by atoms with E-state index in [1.54, 1.807) is 0 Å². The van der Waals surface area contributed by atoms with E-state index in [4.69, 9.17) is 4.99 Å². The minimum atomic E-state index is 0.192. The van der Waals surface area contributed by atoms with Gasteiger partial charge in [0.1, 0.15) is 0 Å². The van der Waals surface area contributed by atoms with Gasteiger partial charge in [0.2, 0.25) is 0 Å². The first-order chi connectivity index (χ1) is 10.1. The van der Waals surface area contributed by atoms with Gasteiger partial charge in [0.05, 0.1) is 0 Å². The Kier molecular flexibility index (Phi) is 2.90. The SMILES string of the molecule is CC1(C)CCCN=C1c1ccc2sc3ccccc3c2c1. The maximum absolute atomic E-state index is 4.84. The van der Waals surface area contributed by atoms with E-state index >= 15 is 0 Å². The number of thiophene rings is 1. The smallest absolute Gasteiger partial charge is 0.0476 e. The molecule has 1 aliphatic rings. The number of benzene rings is 2. The van der Waals surface area contributed by atoms with E-state index in [9.17, 15) is 0 Å². The third-order valence-corrected chi connectivity index (χ3v) is 5.67. The first-order valence-corrected chi connectivity index (χ1v) is 8.43. The van der Waals surface area contributed by atoms with E-state index in [2.05, 4.69) is 56.3 Å². The van der Waals surface area contributed by atoms with Gasteiger partial charge in [-0.05, 0) is 36.6 Å². The summed E-state index contributed by atoms with van der Waals surface area (Å²) >= 11 is 1.88. The summed E-state index contributed by atoms with van der Waals surface area (Å²) in [5, 5.41) is 2.74. The number of hydrogen-bond acceptors (Lipinski definition) is 2. The predicted octanol–water partition coefficient (Wildman–Crippen LogP) is 5.66. The van der Waals surface area contributed by atoms with E-state index < -0.39 is 0 Å². The highest BCUT2D eigenvalue weighted by Crippen LogP contribution is 2.37. The first-order valence-electron chi connectivity index (χ1n) is 7.62. The lowest BCUT2D eigenvalue weighted by Gasteiger charge is -2.30. The average Bonchev–Trinajstić information content (AvgIpc) is 2.84. The molecule has 2 heteroatoms. The van der Waals surface area contributed by atoms with Crippen LogP contribution < -0.4 is 0 Å². The minimum Gasteiger partial charge on any atom is -0.289 e. The fraction of sp³-hybridized carbons (Fsp3) is 0.316. The van der Waals surface area contributed by atoms with Gasteiger partial charge in [0.25, 0.3) is 0 Å². The summed E-state index contributed by atoms with van der Waals surface area (Å²) in [5.41, 5.74) is 2.78. The molecule has 1 aromatic heterocycles. The lowest BCUT2D eigenvalue weighted by atomic mass is 9.77. The molecule has 0 saturated carbocycles. The highest BCUT2D eigenvalue weighted by atomic mass is 32.1. The van der Waals surface area contributed by atoms with Crippen molar-refractivity contribution in [1.82, 2.24) is 0 Å². The van der Waals surface area contributed by atoms with Crippen LogP contribution in [0.4, 0.5) is 0 Å². The lowest BCUT2D eigenvalue weighted by Crippen LogP contribution is -2.29. The van der Waals surface area contributed by atoms with Crippen LogP contribution in [0.1, 0.15) is 32.3 Å². The molecule has 106 valence electrons. The molecule has 0 radical (unpaired) electrons. The second kappa shape index (κ2) is 4.67. The van der Waals surface area contributed by atoms with Gasteiger partial charge in [-0.2, -0.15) is 0 Å². The summed E-state index contributed by atoms with van der Waals surface area (Å²) in [5.74, 6) is 0. The molecule has 0 aliphatic carbocycles. The monoisotopic (exact) mass is 293 g/mol. The van der Waals surface area contributed by atoms with E-state index in [0.717, 1.165) is 6.54 Å². The Balaban J connectivity index is 1.94. The normalized spacial score (nSPS) is 18.1. The molecule has 0 saturated heterocycles. The molecular weight excluding hydrogens is 274 g/mol. The number of fused-ring (bicyclic) bond motifs is 3. The molecule has 0 unspecified atom stereocenters. The Morgan fingerprint density at radius 1 is 1.00 bits per heavy atom. The summed E-state index contributed by atoms with van der Waals surface area (Å²) in [6, 6.07) is 15.6. The highest BCUT2D eigenvalue weighted by molar-refractivity contribution is 7.25. The van der Waals surface area contributed by atoms with Crippen molar-refractivity contribution in [3.63, 3.8) is 0 Å². The Hall–Kier alpha value is -1.67. The largest absolute Gasteiger partial charge is 0.289 e. The van der Waals surface area contributed by atoms with Crippen molar-refractivity contribution in [1.29, 1.82) is 0 Å². The van der Waals surface area contributed by atoms with Crippen molar-refractivity contribution in [3.8, 4) is 0 Å². The van der Waals surface area contributed by atoms with E-state index in [1.165, 1.54) is 44.3 Å². The Morgan fingerprint density at radius 3 is 2.67 bits per heavy atom. The number of aliphatic imine (C=N–C) groups is 1. The van der Waals surface area contributed by atoms with Gasteiger partial charge in [-0.3, -0.25) is 4.99 Å². The van der Waals surface area contributed by atoms with E-state index in [1.807, 2.05) is 11.3 Å². The molecular formula is C19H19NS. The van der Waals surface area contributed by atoms with Gasteiger partial charge in [0.15, 0.2) is 0 Å². The summed E-state index contributed by atoms with van der Waals surface area (Å²) in [6.07, 6.45) is 2.44. The molecule has 1 aliphatic heterocycles. The van der Waals surface area contributed by atoms with Crippen LogP contribution >= 0.6 is 11.3 Å². The summed E-state index contributed by atoms with van der Waals surface area (Å²) in [6.45, 7) is 5.61. The van der Waals surface area contributed by atoms with Crippen LogP contribution in [0.5, 0.6) is 0 Å². The molecule has 0 N–H and O–H groups in total. The van der Waals surface area contributed by atoms with Crippen molar-refractivity contribution in [2.45, 2.75) is 26.7 Å². The standard InChI is InChI=1S/C19H19NS/c1-19(2)10-5-11-20-18(19)13-8-9-17-15(12-13)14-6-3-4-7-16(14)21-17/h3-4,6-9,12H,5,10-11H2,1-2H3. The van der Waals surface area contributed by atoms with Gasteiger partial charge in [-0.15, -0.1) is 11.3 Å². The molecule has 3 aromatic rings. The molecule has 0 fully saturated rings. The van der Waals surface area contributed by atoms with Crippen LogP contribution in [0, 0.1) is 5.41 Å². The third-order valence-electron chi connectivity index (χ3n) is 4.52. The summed E-state index contributed by atoms with van der Waals surface area (Å²) < 4.78 is 2.74. The molecule has 2 heterocycles. The van der Waals surface area contributed by atoms with Crippen LogP contribution in [0.15, 0.2) is 47.5 Å². The van der Waals surface area contributed by atoms with Gasteiger partial charge in [-0.25, -0.2) is 0 Å². The summed E-state index contributed by atoms with van der Waals surface area (Å²) in [4.78, 5) is 4.84. The van der Waals surface area contributed by atoms with Crippen molar-refractivity contribution in [2.75, 3.05) is 6.54 Å². The first kappa shape index (κ1) is 13.0. The van der Waals surface area contributed by atoms with Gasteiger partial charge < -0.3 is 0 Å². The highest BCUT2D eigenvalue weighted by Gasteiger charge is 2.28. The third kappa shape index (κ3) is 2.09. The molecule has 0 bridgehead atoms. The van der Waals surface area contributed by atoms with Gasteiger partial charge in [-0.1, -0.05) is 38.1 Å². The topological polar surface area (TPSA) is 12.4 Å². The number of nitrogens with zero attached hydrogens (tertiary/aromatic N) is 1. The molecule has 0 amide bonds. The van der Waals surface area contributed by atoms with E-state index in [0.29, 0.717) is 0 Å². The Bertz CT molecular complexity index is 854. The molecule has 1 nitrogen and oxygen atoms in total. The fourth-order valence-electron chi connectivity index (χ4n) is 3.40. The Morgan fingerprint density at radius 2 is 1.81 bits per heavy atom. The number of hydrogen-bond donors (Lipinski definition) is 0. The maximum atomic E-state index is 4.84. The van der Waals surface area contributed by atoms with Crippen molar-refractivity contribution < 1.29 is 0 Å². The Labute approximate surface area is 129 Å². The van der Waals surface area contributed by atoms with Crippen molar-refractivity contribution in [2.24, 2.45) is 10.4 Å². The average molecular weight is 293 g/mol. The molecule has 0 atom stereocenters. The molecule has 4 rings (SSSR count). The number of rotatable bonds is 1. The van der Waals surface area contributed by atoms with Crippen LogP contribution in [-0.2, 0) is 0 Å².